The molecule has 0 fully saturated rings. The molecule has 0 radical (unpaired) electrons. The van der Waals surface area contributed by atoms with Crippen molar-refractivity contribution in [3.8, 4) is 17.2 Å². The van der Waals surface area contributed by atoms with Crippen molar-refractivity contribution in [2.45, 2.75) is 25.0 Å². The lowest BCUT2D eigenvalue weighted by molar-refractivity contribution is -0.0487. The highest BCUT2D eigenvalue weighted by Crippen LogP contribution is 2.44. The fourth-order valence-corrected chi connectivity index (χ4v) is 3.34. The molecule has 2 aromatic rings. The van der Waals surface area contributed by atoms with Crippen molar-refractivity contribution in [3.63, 3.8) is 0 Å². The van der Waals surface area contributed by atoms with E-state index in [1.165, 1.54) is 0 Å². The number of likely N-dealkylation sites (N-methyl/N-ethyl adjacent to an activating group) is 1. The van der Waals surface area contributed by atoms with Crippen molar-refractivity contribution in [1.82, 2.24) is 5.32 Å². The van der Waals surface area contributed by atoms with Crippen LogP contribution in [0.4, 0.5) is 0 Å². The second-order valence-corrected chi connectivity index (χ2v) is 6.32. The number of ether oxygens (including phenoxy) is 2. The van der Waals surface area contributed by atoms with Gasteiger partial charge < -0.3 is 25.0 Å². The average molecular weight is 329 g/mol. The fraction of sp³-hybridized carbons (Fsp3) is 0.368. The number of benzene rings is 2. The Labute approximate surface area is 141 Å². The number of phenols is 1. The molecule has 0 saturated heterocycles. The number of phenolic OH excluding ortho intramolecular Hbond substituents is 1. The van der Waals surface area contributed by atoms with Crippen LogP contribution in [0.15, 0.2) is 36.4 Å². The van der Waals surface area contributed by atoms with Gasteiger partial charge in [0, 0.05) is 18.5 Å². The zero-order valence-corrected chi connectivity index (χ0v) is 14.2. The second-order valence-electron chi connectivity index (χ2n) is 6.32. The lowest BCUT2D eigenvalue weighted by atomic mass is 9.97. The van der Waals surface area contributed by atoms with Crippen LogP contribution in [0.2, 0.25) is 0 Å². The lowest BCUT2D eigenvalue weighted by Crippen LogP contribution is -2.45. The highest BCUT2D eigenvalue weighted by atomic mass is 16.5. The Morgan fingerprint density at radius 2 is 2.04 bits per heavy atom. The quantitative estimate of drug-likeness (QED) is 0.785. The Morgan fingerprint density at radius 1 is 1.25 bits per heavy atom. The molecule has 3 rings (SSSR count). The Morgan fingerprint density at radius 3 is 2.71 bits per heavy atom. The third-order valence-corrected chi connectivity index (χ3v) is 4.51. The van der Waals surface area contributed by atoms with E-state index >= 15 is 0 Å². The molecule has 0 amide bonds. The van der Waals surface area contributed by atoms with Gasteiger partial charge in [-0.25, -0.2) is 0 Å². The van der Waals surface area contributed by atoms with Gasteiger partial charge in [0.2, 0.25) is 0 Å². The minimum Gasteiger partial charge on any atom is -0.508 e. The first kappa shape index (κ1) is 16.6. The van der Waals surface area contributed by atoms with E-state index in [0.29, 0.717) is 18.7 Å². The fourth-order valence-electron chi connectivity index (χ4n) is 3.34. The highest BCUT2D eigenvalue weighted by molar-refractivity contribution is 5.46. The number of rotatable bonds is 5. The van der Waals surface area contributed by atoms with Gasteiger partial charge in [-0.15, -0.1) is 0 Å². The maximum atomic E-state index is 11.2. The number of hydrogen-bond acceptors (Lipinski definition) is 5. The van der Waals surface area contributed by atoms with Gasteiger partial charge in [-0.1, -0.05) is 6.07 Å². The van der Waals surface area contributed by atoms with E-state index in [4.69, 9.17) is 9.47 Å². The van der Waals surface area contributed by atoms with Crippen LogP contribution >= 0.6 is 0 Å². The number of aromatic hydroxyl groups is 1. The average Bonchev–Trinajstić information content (AvgIpc) is 2.81. The maximum absolute atomic E-state index is 11.2. The highest BCUT2D eigenvalue weighted by Gasteiger charge is 2.46. The van der Waals surface area contributed by atoms with Gasteiger partial charge in [0.15, 0.2) is 6.10 Å². The van der Waals surface area contributed by atoms with Crippen LogP contribution in [0.1, 0.15) is 22.8 Å². The molecule has 0 aromatic heterocycles. The van der Waals surface area contributed by atoms with Gasteiger partial charge >= 0.3 is 0 Å². The Kier molecular flexibility index (Phi) is 4.39. The van der Waals surface area contributed by atoms with Crippen LogP contribution in [0, 0.1) is 6.92 Å². The summed E-state index contributed by atoms with van der Waals surface area (Å²) in [6, 6.07) is 10.7. The van der Waals surface area contributed by atoms with E-state index in [1.807, 2.05) is 32.2 Å². The van der Waals surface area contributed by atoms with Gasteiger partial charge in [-0.2, -0.15) is 0 Å². The standard InChI is InChI=1S/C19H23NO4/c1-12-8-14(21)5-7-17(12)24-18-16-9-15(23-3)6-4-13(16)10-19(18,22)11-20-2/h4-9,18,20-22H,10-11H2,1-3H3. The molecule has 5 nitrogen and oxygen atoms in total. The summed E-state index contributed by atoms with van der Waals surface area (Å²) in [6.07, 6.45) is -0.00658. The van der Waals surface area contributed by atoms with Crippen LogP contribution in [0.3, 0.4) is 0 Å². The van der Waals surface area contributed by atoms with Crippen molar-refractivity contribution in [3.05, 3.63) is 53.1 Å². The molecule has 3 N–H and O–H groups in total. The molecule has 2 atom stereocenters. The summed E-state index contributed by atoms with van der Waals surface area (Å²) in [7, 11) is 3.43. The molecular weight excluding hydrogens is 306 g/mol. The molecule has 2 aromatic carbocycles. The molecule has 0 aliphatic heterocycles. The molecule has 128 valence electrons. The molecule has 2 unspecified atom stereocenters. The van der Waals surface area contributed by atoms with Gasteiger partial charge in [0.1, 0.15) is 22.8 Å². The molecule has 24 heavy (non-hydrogen) atoms. The number of nitrogens with one attached hydrogen (secondary N) is 1. The van der Waals surface area contributed by atoms with E-state index < -0.39 is 11.7 Å². The van der Waals surface area contributed by atoms with Crippen molar-refractivity contribution < 1.29 is 19.7 Å². The first-order valence-corrected chi connectivity index (χ1v) is 7.97. The minimum absolute atomic E-state index is 0.193. The van der Waals surface area contributed by atoms with E-state index in [0.717, 1.165) is 22.4 Å². The predicted molar refractivity (Wildman–Crippen MR) is 91.8 cm³/mol. The third-order valence-electron chi connectivity index (χ3n) is 4.51. The summed E-state index contributed by atoms with van der Waals surface area (Å²) in [4.78, 5) is 0. The van der Waals surface area contributed by atoms with Gasteiger partial charge in [-0.3, -0.25) is 0 Å². The number of aryl methyl sites for hydroxylation is 1. The summed E-state index contributed by atoms with van der Waals surface area (Å²) in [5.74, 6) is 1.57. The third kappa shape index (κ3) is 2.92. The van der Waals surface area contributed by atoms with E-state index in [2.05, 4.69) is 5.32 Å². The minimum atomic E-state index is -1.05. The summed E-state index contributed by atoms with van der Waals surface area (Å²) in [5.41, 5.74) is 1.75. The van der Waals surface area contributed by atoms with Crippen molar-refractivity contribution >= 4 is 0 Å². The SMILES string of the molecule is CNCC1(O)Cc2ccc(OC)cc2C1Oc1ccc(O)cc1C. The van der Waals surface area contributed by atoms with Crippen LogP contribution in [-0.2, 0) is 6.42 Å². The smallest absolute Gasteiger partial charge is 0.154 e. The Hall–Kier alpha value is -2.24. The van der Waals surface area contributed by atoms with Crippen LogP contribution in [-0.4, -0.2) is 36.5 Å². The van der Waals surface area contributed by atoms with Gasteiger partial charge in [0.25, 0.3) is 0 Å². The molecule has 5 heteroatoms. The maximum Gasteiger partial charge on any atom is 0.154 e. The Balaban J connectivity index is 2.01. The number of aliphatic hydroxyl groups is 1. The van der Waals surface area contributed by atoms with Crippen molar-refractivity contribution in [2.75, 3.05) is 20.7 Å². The molecule has 1 aliphatic rings. The number of fused-ring (bicyclic) bond motifs is 1. The molecule has 0 heterocycles. The van der Waals surface area contributed by atoms with Crippen molar-refractivity contribution in [2.24, 2.45) is 0 Å². The van der Waals surface area contributed by atoms with Crippen LogP contribution in [0.5, 0.6) is 17.2 Å². The summed E-state index contributed by atoms with van der Waals surface area (Å²) < 4.78 is 11.5. The topological polar surface area (TPSA) is 71.0 Å². The summed E-state index contributed by atoms with van der Waals surface area (Å²) in [5, 5.41) is 23.8. The normalized spacial score (nSPS) is 22.2. The Bertz CT molecular complexity index is 746. The molecule has 0 bridgehead atoms. The number of hydrogen-bond donors (Lipinski definition) is 3. The lowest BCUT2D eigenvalue weighted by Gasteiger charge is -2.31. The van der Waals surface area contributed by atoms with E-state index in [9.17, 15) is 10.2 Å². The first-order chi connectivity index (χ1) is 11.5. The first-order valence-electron chi connectivity index (χ1n) is 7.97. The second kappa shape index (κ2) is 6.34. The molecule has 1 aliphatic carbocycles. The molecule has 0 spiro atoms. The molecular formula is C19H23NO4. The zero-order chi connectivity index (χ0) is 17.3. The van der Waals surface area contributed by atoms with Crippen LogP contribution < -0.4 is 14.8 Å². The monoisotopic (exact) mass is 329 g/mol. The van der Waals surface area contributed by atoms with Gasteiger partial charge in [-0.05, 0) is 55.4 Å². The van der Waals surface area contributed by atoms with E-state index in [-0.39, 0.29) is 5.75 Å². The van der Waals surface area contributed by atoms with Crippen molar-refractivity contribution in [1.29, 1.82) is 0 Å². The predicted octanol–water partition coefficient (Wildman–Crippen LogP) is 2.34. The summed E-state index contributed by atoms with van der Waals surface area (Å²) >= 11 is 0. The largest absolute Gasteiger partial charge is 0.508 e. The molecule has 0 saturated carbocycles. The van der Waals surface area contributed by atoms with Gasteiger partial charge in [0.05, 0.1) is 7.11 Å². The van der Waals surface area contributed by atoms with Crippen LogP contribution in [0.25, 0.3) is 0 Å². The zero-order valence-electron chi connectivity index (χ0n) is 14.2. The number of methoxy groups -OCH3 is 1. The van der Waals surface area contributed by atoms with E-state index in [1.54, 1.807) is 25.3 Å². The summed E-state index contributed by atoms with van der Waals surface area (Å²) in [6.45, 7) is 2.28.